The number of rotatable bonds is 3. The van der Waals surface area contributed by atoms with Crippen molar-refractivity contribution in [3.63, 3.8) is 0 Å². The number of benzene rings is 1. The number of fused-ring (bicyclic) bond motifs is 1. The first kappa shape index (κ1) is 13.2. The highest BCUT2D eigenvalue weighted by atomic mass is 16.3. The van der Waals surface area contributed by atoms with E-state index in [9.17, 15) is 9.90 Å². The summed E-state index contributed by atoms with van der Waals surface area (Å²) in [6, 6.07) is 6.70. The monoisotopic (exact) mass is 272 g/mol. The molecule has 0 aromatic heterocycles. The molecular formula is C16H20N2O2. The predicted molar refractivity (Wildman–Crippen MR) is 77.4 cm³/mol. The van der Waals surface area contributed by atoms with E-state index in [1.807, 2.05) is 0 Å². The number of aromatic hydroxyl groups is 1. The number of hydrogen-bond donors (Lipinski definition) is 2. The highest BCUT2D eigenvalue weighted by Crippen LogP contribution is 2.66. The van der Waals surface area contributed by atoms with Crippen molar-refractivity contribution < 1.29 is 9.90 Å². The standard InChI is InChI=1S/C16H20N2O2/c1-16-9-3-2-4-13(16)14(16)15(20)18-17-10-11-5-7-12(19)8-6-11/h5-8,10,13-14,19H,2-4,9H2,1H3,(H,18,20)/b17-10+/t13-,14+,16-/m0/s1. The Kier molecular flexibility index (Phi) is 3.24. The largest absolute Gasteiger partial charge is 0.508 e. The maximum atomic E-state index is 12.2. The number of hydrogen-bond acceptors (Lipinski definition) is 3. The van der Waals surface area contributed by atoms with Gasteiger partial charge in [0, 0.05) is 5.92 Å². The number of carbonyl (C=O) groups is 1. The topological polar surface area (TPSA) is 61.7 Å². The van der Waals surface area contributed by atoms with Gasteiger partial charge in [-0.25, -0.2) is 5.43 Å². The van der Waals surface area contributed by atoms with Gasteiger partial charge in [-0.2, -0.15) is 5.10 Å². The second-order valence-electron chi connectivity index (χ2n) is 6.16. The van der Waals surface area contributed by atoms with Crippen molar-refractivity contribution in [1.82, 2.24) is 5.43 Å². The molecule has 1 amide bonds. The summed E-state index contributed by atoms with van der Waals surface area (Å²) in [7, 11) is 0. The van der Waals surface area contributed by atoms with Crippen LogP contribution in [0.1, 0.15) is 38.2 Å². The molecule has 4 nitrogen and oxygen atoms in total. The molecule has 2 aliphatic rings. The fraction of sp³-hybridized carbons (Fsp3) is 0.500. The van der Waals surface area contributed by atoms with Crippen LogP contribution in [0.4, 0.5) is 0 Å². The fourth-order valence-corrected chi connectivity index (χ4v) is 3.65. The lowest BCUT2D eigenvalue weighted by molar-refractivity contribution is -0.123. The molecule has 2 fully saturated rings. The van der Waals surface area contributed by atoms with Gasteiger partial charge < -0.3 is 5.11 Å². The van der Waals surface area contributed by atoms with Crippen molar-refractivity contribution in [1.29, 1.82) is 0 Å². The summed E-state index contributed by atoms with van der Waals surface area (Å²) in [6.07, 6.45) is 6.44. The smallest absolute Gasteiger partial charge is 0.244 e. The molecule has 1 aromatic rings. The van der Waals surface area contributed by atoms with E-state index in [2.05, 4.69) is 17.5 Å². The van der Waals surface area contributed by atoms with E-state index >= 15 is 0 Å². The predicted octanol–water partition coefficient (Wildman–Crippen LogP) is 2.67. The normalized spacial score (nSPS) is 31.9. The van der Waals surface area contributed by atoms with Crippen molar-refractivity contribution in [3.8, 4) is 5.75 Å². The van der Waals surface area contributed by atoms with E-state index < -0.39 is 0 Å². The molecule has 0 radical (unpaired) electrons. The maximum Gasteiger partial charge on any atom is 0.244 e. The second-order valence-corrected chi connectivity index (χ2v) is 6.16. The molecule has 0 saturated heterocycles. The minimum atomic E-state index is 0.0504. The molecule has 1 aromatic carbocycles. The summed E-state index contributed by atoms with van der Waals surface area (Å²) >= 11 is 0. The van der Waals surface area contributed by atoms with Gasteiger partial charge in [0.2, 0.25) is 5.91 Å². The van der Waals surface area contributed by atoms with Gasteiger partial charge in [-0.1, -0.05) is 19.8 Å². The Morgan fingerprint density at radius 3 is 2.80 bits per heavy atom. The van der Waals surface area contributed by atoms with Crippen LogP contribution >= 0.6 is 0 Å². The van der Waals surface area contributed by atoms with Gasteiger partial charge in [0.05, 0.1) is 6.21 Å². The third-order valence-electron chi connectivity index (χ3n) is 4.90. The lowest BCUT2D eigenvalue weighted by Gasteiger charge is -2.15. The maximum absolute atomic E-state index is 12.2. The Bertz CT molecular complexity index is 538. The SMILES string of the molecule is C[C@]12CCCC[C@H]1[C@@H]2C(=O)N/N=C/c1ccc(O)cc1. The van der Waals surface area contributed by atoms with Crippen molar-refractivity contribution >= 4 is 12.1 Å². The number of hydrazone groups is 1. The number of nitrogens with one attached hydrogen (secondary N) is 1. The quantitative estimate of drug-likeness (QED) is 0.656. The minimum Gasteiger partial charge on any atom is -0.508 e. The zero-order chi connectivity index (χ0) is 14.2. The summed E-state index contributed by atoms with van der Waals surface area (Å²) in [5.41, 5.74) is 3.73. The van der Waals surface area contributed by atoms with E-state index in [0.717, 1.165) is 12.0 Å². The lowest BCUT2D eigenvalue weighted by atomic mass is 9.90. The zero-order valence-electron chi connectivity index (χ0n) is 11.7. The van der Waals surface area contributed by atoms with Gasteiger partial charge in [0.25, 0.3) is 0 Å². The van der Waals surface area contributed by atoms with Crippen LogP contribution in [0.3, 0.4) is 0 Å². The number of nitrogens with zero attached hydrogens (tertiary/aromatic N) is 1. The first-order valence-electron chi connectivity index (χ1n) is 7.23. The molecule has 20 heavy (non-hydrogen) atoms. The highest BCUT2D eigenvalue weighted by molar-refractivity contribution is 5.85. The Morgan fingerprint density at radius 2 is 2.15 bits per heavy atom. The van der Waals surface area contributed by atoms with Gasteiger partial charge in [0.15, 0.2) is 0 Å². The summed E-state index contributed by atoms with van der Waals surface area (Å²) < 4.78 is 0. The van der Waals surface area contributed by atoms with Crippen molar-refractivity contribution in [2.75, 3.05) is 0 Å². The average molecular weight is 272 g/mol. The van der Waals surface area contributed by atoms with E-state index in [0.29, 0.717) is 5.92 Å². The molecule has 2 saturated carbocycles. The molecule has 0 aliphatic heterocycles. The molecule has 3 rings (SSSR count). The van der Waals surface area contributed by atoms with Crippen LogP contribution in [0.2, 0.25) is 0 Å². The molecule has 2 aliphatic carbocycles. The Morgan fingerprint density at radius 1 is 1.40 bits per heavy atom. The molecule has 0 spiro atoms. The molecule has 0 heterocycles. The van der Waals surface area contributed by atoms with Crippen LogP contribution in [-0.4, -0.2) is 17.2 Å². The molecule has 0 bridgehead atoms. The Labute approximate surface area is 118 Å². The van der Waals surface area contributed by atoms with E-state index in [-0.39, 0.29) is 23.0 Å². The van der Waals surface area contributed by atoms with E-state index in [4.69, 9.17) is 0 Å². The molecule has 2 N–H and O–H groups in total. The highest BCUT2D eigenvalue weighted by Gasteiger charge is 2.64. The summed E-state index contributed by atoms with van der Waals surface area (Å²) in [6.45, 7) is 2.23. The lowest BCUT2D eigenvalue weighted by Crippen LogP contribution is -2.22. The Hall–Kier alpha value is -1.84. The first-order valence-corrected chi connectivity index (χ1v) is 7.23. The number of carbonyl (C=O) groups excluding carboxylic acids is 1. The fourth-order valence-electron chi connectivity index (χ4n) is 3.65. The van der Waals surface area contributed by atoms with E-state index in [1.54, 1.807) is 30.5 Å². The average Bonchev–Trinajstić information content (AvgIpc) is 3.06. The van der Waals surface area contributed by atoms with Crippen LogP contribution in [-0.2, 0) is 4.79 Å². The van der Waals surface area contributed by atoms with E-state index in [1.165, 1.54) is 19.3 Å². The van der Waals surface area contributed by atoms with Crippen molar-refractivity contribution in [3.05, 3.63) is 29.8 Å². The first-order chi connectivity index (χ1) is 9.61. The van der Waals surface area contributed by atoms with Crippen LogP contribution in [0.5, 0.6) is 5.75 Å². The van der Waals surface area contributed by atoms with Gasteiger partial charge in [-0.05, 0) is 54.0 Å². The third kappa shape index (κ3) is 2.30. The van der Waals surface area contributed by atoms with Crippen molar-refractivity contribution in [2.24, 2.45) is 22.4 Å². The minimum absolute atomic E-state index is 0.0504. The van der Waals surface area contributed by atoms with Crippen molar-refractivity contribution in [2.45, 2.75) is 32.6 Å². The molecular weight excluding hydrogens is 252 g/mol. The molecule has 106 valence electrons. The summed E-state index contributed by atoms with van der Waals surface area (Å²) in [4.78, 5) is 12.2. The molecule has 4 heteroatoms. The van der Waals surface area contributed by atoms with Crippen LogP contribution in [0.15, 0.2) is 29.4 Å². The van der Waals surface area contributed by atoms with Crippen LogP contribution in [0, 0.1) is 17.3 Å². The third-order valence-corrected chi connectivity index (χ3v) is 4.90. The summed E-state index contributed by atoms with van der Waals surface area (Å²) in [5, 5.41) is 13.2. The van der Waals surface area contributed by atoms with Gasteiger partial charge in [0.1, 0.15) is 5.75 Å². The number of amides is 1. The van der Waals surface area contributed by atoms with Gasteiger partial charge in [-0.15, -0.1) is 0 Å². The molecule has 3 atom stereocenters. The van der Waals surface area contributed by atoms with Crippen LogP contribution in [0.25, 0.3) is 0 Å². The van der Waals surface area contributed by atoms with Crippen LogP contribution < -0.4 is 5.43 Å². The second kappa shape index (κ2) is 4.93. The number of phenols is 1. The van der Waals surface area contributed by atoms with Gasteiger partial charge >= 0.3 is 0 Å². The van der Waals surface area contributed by atoms with Gasteiger partial charge in [-0.3, -0.25) is 4.79 Å². The Balaban J connectivity index is 1.56. The zero-order valence-corrected chi connectivity index (χ0v) is 11.7. The summed E-state index contributed by atoms with van der Waals surface area (Å²) in [5.74, 6) is 0.970. The number of phenolic OH excluding ortho intramolecular Hbond substituents is 1. The molecule has 0 unspecified atom stereocenters.